The highest BCUT2D eigenvalue weighted by Gasteiger charge is 2.24. The summed E-state index contributed by atoms with van der Waals surface area (Å²) >= 11 is 0. The minimum atomic E-state index is -3.56. The molecule has 4 heteroatoms. The summed E-state index contributed by atoms with van der Waals surface area (Å²) in [7, 11) is 1.88. The number of aryl methyl sites for hydroxylation is 2. The van der Waals surface area contributed by atoms with Crippen LogP contribution >= 0.6 is 10.7 Å². The van der Waals surface area contributed by atoms with Crippen LogP contribution in [0.4, 0.5) is 0 Å². The van der Waals surface area contributed by atoms with Crippen molar-refractivity contribution in [2.75, 3.05) is 0 Å². The van der Waals surface area contributed by atoms with Gasteiger partial charge in [-0.1, -0.05) is 6.07 Å². The van der Waals surface area contributed by atoms with Crippen molar-refractivity contribution in [3.05, 3.63) is 33.9 Å². The zero-order valence-electron chi connectivity index (χ0n) is 10.3. The maximum absolute atomic E-state index is 11.4. The van der Waals surface area contributed by atoms with Crippen molar-refractivity contribution in [3.8, 4) is 0 Å². The fraction of sp³-hybridized carbons (Fsp3) is 0.500. The van der Waals surface area contributed by atoms with E-state index in [2.05, 4.69) is 6.07 Å². The lowest BCUT2D eigenvalue weighted by Crippen LogP contribution is -2.09. The summed E-state index contributed by atoms with van der Waals surface area (Å²) in [6.07, 6.45) is 0. The second-order valence-corrected chi connectivity index (χ2v) is 7.24. The van der Waals surface area contributed by atoms with Crippen LogP contribution in [0, 0.1) is 27.7 Å². The Hall–Kier alpha value is -0.540. The molecule has 0 radical (unpaired) electrons. The van der Waals surface area contributed by atoms with Gasteiger partial charge in [0.05, 0.1) is 5.25 Å². The van der Waals surface area contributed by atoms with Gasteiger partial charge in [0.2, 0.25) is 9.05 Å². The molecular formula is C12H17ClO2S. The fourth-order valence-corrected chi connectivity index (χ4v) is 2.90. The monoisotopic (exact) mass is 260 g/mol. The van der Waals surface area contributed by atoms with E-state index in [1.165, 1.54) is 0 Å². The average Bonchev–Trinajstić information content (AvgIpc) is 2.13. The molecule has 0 N–H and O–H groups in total. The SMILES string of the molecule is Cc1cc(C)c(C)c(C(C)S(=O)(=O)Cl)c1C. The van der Waals surface area contributed by atoms with E-state index in [4.69, 9.17) is 10.7 Å². The predicted molar refractivity (Wildman–Crippen MR) is 68.6 cm³/mol. The molecule has 0 aliphatic heterocycles. The topological polar surface area (TPSA) is 34.1 Å². The standard InChI is InChI=1S/C12H17ClO2S/c1-7-6-8(2)10(4)12(9(7)3)11(5)16(13,14)15/h6,11H,1-5H3. The summed E-state index contributed by atoms with van der Waals surface area (Å²) in [6, 6.07) is 2.07. The van der Waals surface area contributed by atoms with Gasteiger partial charge in [-0.2, -0.15) is 0 Å². The van der Waals surface area contributed by atoms with Crippen molar-refractivity contribution < 1.29 is 8.42 Å². The lowest BCUT2D eigenvalue weighted by atomic mass is 9.92. The van der Waals surface area contributed by atoms with Crippen molar-refractivity contribution in [1.29, 1.82) is 0 Å². The van der Waals surface area contributed by atoms with E-state index in [0.717, 1.165) is 27.8 Å². The predicted octanol–water partition coefficient (Wildman–Crippen LogP) is 3.55. The molecule has 0 aromatic heterocycles. The molecule has 0 aliphatic carbocycles. The Morgan fingerprint density at radius 1 is 1.06 bits per heavy atom. The highest BCUT2D eigenvalue weighted by atomic mass is 35.7. The lowest BCUT2D eigenvalue weighted by molar-refractivity contribution is 0.600. The lowest BCUT2D eigenvalue weighted by Gasteiger charge is -2.18. The van der Waals surface area contributed by atoms with Crippen LogP contribution in [0.5, 0.6) is 0 Å². The summed E-state index contributed by atoms with van der Waals surface area (Å²) in [4.78, 5) is 0. The molecule has 0 bridgehead atoms. The normalized spacial score (nSPS) is 13.9. The average molecular weight is 261 g/mol. The van der Waals surface area contributed by atoms with Crippen LogP contribution in [0.15, 0.2) is 6.07 Å². The molecule has 1 aromatic rings. The fourth-order valence-electron chi connectivity index (χ4n) is 2.00. The number of benzene rings is 1. The number of hydrogen-bond acceptors (Lipinski definition) is 2. The molecule has 0 spiro atoms. The second-order valence-electron chi connectivity index (χ2n) is 4.29. The third-order valence-electron chi connectivity index (χ3n) is 3.25. The molecule has 1 aromatic carbocycles. The largest absolute Gasteiger partial charge is 0.239 e. The van der Waals surface area contributed by atoms with E-state index < -0.39 is 14.3 Å². The summed E-state index contributed by atoms with van der Waals surface area (Å²) in [5.41, 5.74) is 5.07. The third-order valence-corrected chi connectivity index (χ3v) is 5.13. The van der Waals surface area contributed by atoms with Crippen LogP contribution in [0.25, 0.3) is 0 Å². The molecule has 1 atom stereocenters. The van der Waals surface area contributed by atoms with Crippen LogP contribution in [-0.4, -0.2) is 8.42 Å². The molecule has 0 aliphatic rings. The summed E-state index contributed by atoms with van der Waals surface area (Å²) < 4.78 is 22.8. The van der Waals surface area contributed by atoms with Crippen molar-refractivity contribution in [3.63, 3.8) is 0 Å². The molecule has 0 fully saturated rings. The highest BCUT2D eigenvalue weighted by molar-refractivity contribution is 8.13. The minimum absolute atomic E-state index is 0.659. The molecule has 0 heterocycles. The molecule has 1 rings (SSSR count). The van der Waals surface area contributed by atoms with Gasteiger partial charge in [-0.3, -0.25) is 0 Å². The van der Waals surface area contributed by atoms with Gasteiger partial charge >= 0.3 is 0 Å². The quantitative estimate of drug-likeness (QED) is 0.762. The van der Waals surface area contributed by atoms with Crippen molar-refractivity contribution in [2.45, 2.75) is 39.9 Å². The van der Waals surface area contributed by atoms with Gasteiger partial charge in [-0.05, 0) is 62.4 Å². The Morgan fingerprint density at radius 2 is 1.44 bits per heavy atom. The molecule has 0 saturated heterocycles. The van der Waals surface area contributed by atoms with Gasteiger partial charge in [-0.25, -0.2) is 8.42 Å². The van der Waals surface area contributed by atoms with Gasteiger partial charge in [0.15, 0.2) is 0 Å². The molecule has 90 valence electrons. The molecule has 1 unspecified atom stereocenters. The van der Waals surface area contributed by atoms with Gasteiger partial charge in [-0.15, -0.1) is 0 Å². The van der Waals surface area contributed by atoms with E-state index in [1.807, 2.05) is 27.7 Å². The Kier molecular flexibility index (Phi) is 3.70. The van der Waals surface area contributed by atoms with Crippen molar-refractivity contribution >= 4 is 19.7 Å². The van der Waals surface area contributed by atoms with Crippen molar-refractivity contribution in [2.24, 2.45) is 0 Å². The third kappa shape index (κ3) is 2.41. The molecule has 0 amide bonds. The molecule has 2 nitrogen and oxygen atoms in total. The summed E-state index contributed by atoms with van der Waals surface area (Å²) in [5.74, 6) is 0. The van der Waals surface area contributed by atoms with E-state index in [0.29, 0.717) is 0 Å². The molecule has 0 saturated carbocycles. The minimum Gasteiger partial charge on any atom is -0.212 e. The van der Waals surface area contributed by atoms with E-state index in [-0.39, 0.29) is 0 Å². The molecular weight excluding hydrogens is 244 g/mol. The van der Waals surface area contributed by atoms with Gasteiger partial charge < -0.3 is 0 Å². The maximum atomic E-state index is 11.4. The zero-order chi connectivity index (χ0) is 12.7. The zero-order valence-corrected chi connectivity index (χ0v) is 11.8. The second kappa shape index (κ2) is 4.38. The Morgan fingerprint density at radius 3 is 1.75 bits per heavy atom. The summed E-state index contributed by atoms with van der Waals surface area (Å²) in [5, 5.41) is -0.659. The van der Waals surface area contributed by atoms with Gasteiger partial charge in [0, 0.05) is 10.7 Å². The Bertz CT molecular complexity index is 492. The van der Waals surface area contributed by atoms with Crippen LogP contribution in [0.1, 0.15) is 40.0 Å². The van der Waals surface area contributed by atoms with Gasteiger partial charge in [0.25, 0.3) is 0 Å². The summed E-state index contributed by atoms with van der Waals surface area (Å²) in [6.45, 7) is 9.49. The Balaban J connectivity index is 3.56. The molecule has 16 heavy (non-hydrogen) atoms. The number of halogens is 1. The van der Waals surface area contributed by atoms with Crippen LogP contribution in [0.3, 0.4) is 0 Å². The van der Waals surface area contributed by atoms with E-state index in [9.17, 15) is 8.42 Å². The first-order chi connectivity index (χ1) is 7.16. The Labute approximate surface area is 102 Å². The number of rotatable bonds is 2. The highest BCUT2D eigenvalue weighted by Crippen LogP contribution is 2.33. The van der Waals surface area contributed by atoms with Gasteiger partial charge in [0.1, 0.15) is 0 Å². The van der Waals surface area contributed by atoms with Crippen LogP contribution < -0.4 is 0 Å². The first-order valence-corrected chi connectivity index (χ1v) is 7.54. The smallest absolute Gasteiger partial charge is 0.212 e. The van der Waals surface area contributed by atoms with Crippen LogP contribution in [0.2, 0.25) is 0 Å². The maximum Gasteiger partial charge on any atom is 0.239 e. The van der Waals surface area contributed by atoms with Crippen molar-refractivity contribution in [1.82, 2.24) is 0 Å². The number of hydrogen-bond donors (Lipinski definition) is 0. The first kappa shape index (κ1) is 13.5. The van der Waals surface area contributed by atoms with E-state index in [1.54, 1.807) is 6.92 Å². The van der Waals surface area contributed by atoms with E-state index >= 15 is 0 Å². The van der Waals surface area contributed by atoms with Crippen LogP contribution in [-0.2, 0) is 9.05 Å². The first-order valence-electron chi connectivity index (χ1n) is 5.17.